The lowest BCUT2D eigenvalue weighted by Gasteiger charge is -2.35. The fraction of sp³-hybridized carbons (Fsp3) is 1.00. The van der Waals surface area contributed by atoms with Crippen LogP contribution in [-0.4, -0.2) is 36.8 Å². The molecule has 4 heteroatoms. The monoisotopic (exact) mass is 161 g/mol. The molecule has 1 rings (SSSR count). The fourth-order valence-corrected chi connectivity index (χ4v) is 1.24. The Kier molecular flexibility index (Phi) is 2.84. The highest BCUT2D eigenvalue weighted by Gasteiger charge is 2.32. The van der Waals surface area contributed by atoms with E-state index in [1.165, 1.54) is 0 Å². The molecule has 0 aromatic carbocycles. The number of rotatable bonds is 1. The molecule has 0 aromatic heterocycles. The van der Waals surface area contributed by atoms with Crippen molar-refractivity contribution in [3.05, 3.63) is 0 Å². The molecule has 1 saturated heterocycles. The number of ether oxygens (including phenoxy) is 2. The van der Waals surface area contributed by atoms with E-state index in [0.717, 1.165) is 0 Å². The Hall–Kier alpha value is -0.160. The Bertz CT molecular complexity index is 119. The number of aliphatic hydroxyl groups excluding tert-OH is 1. The predicted molar refractivity (Wildman–Crippen MR) is 39.9 cm³/mol. The standard InChI is InChI=1S/C7H15NO3/c1-4-7(9)5(8)3-6(10-2)11-4/h4-7,9H,3,8H2,1-2H3/t4-,5+,6+,7+/m0/s1. The summed E-state index contributed by atoms with van der Waals surface area (Å²) in [6, 6.07) is -0.233. The third-order valence-electron chi connectivity index (χ3n) is 2.01. The summed E-state index contributed by atoms with van der Waals surface area (Å²) in [6.07, 6.45) is -0.504. The zero-order chi connectivity index (χ0) is 8.43. The highest BCUT2D eigenvalue weighted by Crippen LogP contribution is 2.18. The van der Waals surface area contributed by atoms with E-state index in [1.54, 1.807) is 14.0 Å². The van der Waals surface area contributed by atoms with E-state index in [9.17, 15) is 5.11 Å². The van der Waals surface area contributed by atoms with Gasteiger partial charge in [-0.1, -0.05) is 0 Å². The van der Waals surface area contributed by atoms with Crippen molar-refractivity contribution in [2.45, 2.75) is 37.9 Å². The second-order valence-electron chi connectivity index (χ2n) is 2.90. The third-order valence-corrected chi connectivity index (χ3v) is 2.01. The quantitative estimate of drug-likeness (QED) is 0.542. The van der Waals surface area contributed by atoms with E-state index in [-0.39, 0.29) is 18.4 Å². The molecule has 3 N–H and O–H groups in total. The largest absolute Gasteiger partial charge is 0.389 e. The molecule has 11 heavy (non-hydrogen) atoms. The Morgan fingerprint density at radius 3 is 2.73 bits per heavy atom. The van der Waals surface area contributed by atoms with Gasteiger partial charge in [-0.3, -0.25) is 0 Å². The van der Waals surface area contributed by atoms with Crippen LogP contribution in [0.15, 0.2) is 0 Å². The molecule has 0 unspecified atom stereocenters. The first-order valence-electron chi connectivity index (χ1n) is 3.77. The Balaban J connectivity index is 2.47. The molecule has 0 aliphatic carbocycles. The SMILES string of the molecule is CO[C@H]1C[C@@H](N)[C@H](O)[C@H](C)O1. The summed E-state index contributed by atoms with van der Waals surface area (Å²) in [5.41, 5.74) is 5.62. The Morgan fingerprint density at radius 1 is 1.64 bits per heavy atom. The van der Waals surface area contributed by atoms with Crippen LogP contribution in [0.25, 0.3) is 0 Å². The summed E-state index contributed by atoms with van der Waals surface area (Å²) >= 11 is 0. The molecule has 0 saturated carbocycles. The van der Waals surface area contributed by atoms with Gasteiger partial charge in [-0.05, 0) is 6.92 Å². The zero-order valence-electron chi connectivity index (χ0n) is 6.86. The van der Waals surface area contributed by atoms with Gasteiger partial charge in [0.05, 0.1) is 12.2 Å². The van der Waals surface area contributed by atoms with Crippen LogP contribution in [0.5, 0.6) is 0 Å². The normalized spacial score (nSPS) is 45.8. The molecule has 0 amide bonds. The highest BCUT2D eigenvalue weighted by atomic mass is 16.7. The van der Waals surface area contributed by atoms with Crippen molar-refractivity contribution in [3.8, 4) is 0 Å². The molecule has 1 aliphatic heterocycles. The molecular formula is C7H15NO3. The number of hydrogen-bond acceptors (Lipinski definition) is 4. The van der Waals surface area contributed by atoms with Crippen LogP contribution >= 0.6 is 0 Å². The van der Waals surface area contributed by atoms with Gasteiger partial charge >= 0.3 is 0 Å². The number of aliphatic hydroxyl groups is 1. The van der Waals surface area contributed by atoms with Crippen LogP contribution in [0.4, 0.5) is 0 Å². The molecule has 0 radical (unpaired) electrons. The van der Waals surface area contributed by atoms with Crippen LogP contribution in [0.3, 0.4) is 0 Å². The lowest BCUT2D eigenvalue weighted by molar-refractivity contribution is -0.211. The highest BCUT2D eigenvalue weighted by molar-refractivity contribution is 4.82. The second-order valence-corrected chi connectivity index (χ2v) is 2.90. The number of hydrogen-bond donors (Lipinski definition) is 2. The maximum atomic E-state index is 9.35. The van der Waals surface area contributed by atoms with Gasteiger partial charge in [-0.25, -0.2) is 0 Å². The predicted octanol–water partition coefficient (Wildman–Crippen LogP) is -0.544. The summed E-state index contributed by atoms with van der Waals surface area (Å²) < 4.78 is 10.2. The van der Waals surface area contributed by atoms with E-state index >= 15 is 0 Å². The number of nitrogens with two attached hydrogens (primary N) is 1. The van der Waals surface area contributed by atoms with Crippen molar-refractivity contribution in [2.75, 3.05) is 7.11 Å². The summed E-state index contributed by atoms with van der Waals surface area (Å²) in [5.74, 6) is 0. The summed E-state index contributed by atoms with van der Waals surface area (Å²) in [4.78, 5) is 0. The molecule has 1 heterocycles. The maximum absolute atomic E-state index is 9.35. The van der Waals surface area contributed by atoms with Gasteiger partial charge in [-0.2, -0.15) is 0 Å². The Labute approximate surface area is 66.3 Å². The summed E-state index contributed by atoms with van der Waals surface area (Å²) in [7, 11) is 1.57. The lowest BCUT2D eigenvalue weighted by atomic mass is 10.0. The van der Waals surface area contributed by atoms with Gasteiger partial charge in [0.15, 0.2) is 6.29 Å². The number of methoxy groups -OCH3 is 1. The molecule has 4 atom stereocenters. The molecule has 4 nitrogen and oxygen atoms in total. The van der Waals surface area contributed by atoms with Crippen molar-refractivity contribution in [2.24, 2.45) is 5.73 Å². The van der Waals surface area contributed by atoms with Gasteiger partial charge in [-0.15, -0.1) is 0 Å². The van der Waals surface area contributed by atoms with Gasteiger partial charge < -0.3 is 20.3 Å². The van der Waals surface area contributed by atoms with Gasteiger partial charge in [0.25, 0.3) is 0 Å². The topological polar surface area (TPSA) is 64.7 Å². The fourth-order valence-electron chi connectivity index (χ4n) is 1.24. The van der Waals surface area contributed by atoms with Crippen molar-refractivity contribution in [1.29, 1.82) is 0 Å². The minimum Gasteiger partial charge on any atom is -0.389 e. The van der Waals surface area contributed by atoms with Crippen LogP contribution < -0.4 is 5.73 Å². The van der Waals surface area contributed by atoms with Crippen molar-refractivity contribution < 1.29 is 14.6 Å². The maximum Gasteiger partial charge on any atom is 0.159 e. The summed E-state index contributed by atoms with van der Waals surface area (Å²) in [6.45, 7) is 1.79. The van der Waals surface area contributed by atoms with Crippen LogP contribution in [0, 0.1) is 0 Å². The lowest BCUT2D eigenvalue weighted by Crippen LogP contribution is -2.51. The van der Waals surface area contributed by atoms with E-state index in [2.05, 4.69) is 0 Å². The van der Waals surface area contributed by atoms with Crippen LogP contribution in [0.1, 0.15) is 13.3 Å². The average Bonchev–Trinajstić information content (AvgIpc) is 1.99. The summed E-state index contributed by atoms with van der Waals surface area (Å²) in [5, 5.41) is 9.35. The molecule has 66 valence electrons. The molecular weight excluding hydrogens is 146 g/mol. The first-order chi connectivity index (χ1) is 5.15. The minimum absolute atomic E-state index is 0.233. The van der Waals surface area contributed by atoms with Crippen LogP contribution in [0.2, 0.25) is 0 Å². The van der Waals surface area contributed by atoms with Crippen molar-refractivity contribution >= 4 is 0 Å². The molecule has 0 bridgehead atoms. The average molecular weight is 161 g/mol. The Morgan fingerprint density at radius 2 is 2.27 bits per heavy atom. The molecule has 1 fully saturated rings. The molecule has 1 aliphatic rings. The van der Waals surface area contributed by atoms with E-state index < -0.39 is 6.10 Å². The third kappa shape index (κ3) is 1.90. The smallest absolute Gasteiger partial charge is 0.159 e. The van der Waals surface area contributed by atoms with Gasteiger partial charge in [0.1, 0.15) is 0 Å². The minimum atomic E-state index is -0.568. The van der Waals surface area contributed by atoms with E-state index in [0.29, 0.717) is 6.42 Å². The second kappa shape index (κ2) is 3.49. The van der Waals surface area contributed by atoms with Crippen molar-refractivity contribution in [3.63, 3.8) is 0 Å². The molecule has 0 spiro atoms. The van der Waals surface area contributed by atoms with Crippen LogP contribution in [-0.2, 0) is 9.47 Å². The van der Waals surface area contributed by atoms with E-state index in [4.69, 9.17) is 15.2 Å². The zero-order valence-corrected chi connectivity index (χ0v) is 6.86. The first-order valence-corrected chi connectivity index (χ1v) is 3.77. The van der Waals surface area contributed by atoms with Crippen molar-refractivity contribution in [1.82, 2.24) is 0 Å². The van der Waals surface area contributed by atoms with Gasteiger partial charge in [0, 0.05) is 19.6 Å². The van der Waals surface area contributed by atoms with E-state index in [1.807, 2.05) is 0 Å². The molecule has 0 aromatic rings. The van der Waals surface area contributed by atoms with Gasteiger partial charge in [0.2, 0.25) is 0 Å². The first kappa shape index (κ1) is 8.93.